The molecule has 2 aromatic heterocycles. The summed E-state index contributed by atoms with van der Waals surface area (Å²) in [5.41, 5.74) is 9.36. The van der Waals surface area contributed by atoms with Gasteiger partial charge in [-0.2, -0.15) is 5.10 Å². The summed E-state index contributed by atoms with van der Waals surface area (Å²) < 4.78 is 12.6. The minimum Gasteiger partial charge on any atom is -0.497 e. The second-order valence-corrected chi connectivity index (χ2v) is 7.63. The Balaban J connectivity index is 1.80. The maximum Gasteiger partial charge on any atom is 0.246 e. The molecule has 3 heterocycles. The van der Waals surface area contributed by atoms with Crippen molar-refractivity contribution in [1.82, 2.24) is 19.7 Å². The van der Waals surface area contributed by atoms with E-state index in [1.807, 2.05) is 23.7 Å². The normalized spacial score (nSPS) is 15.3. The fourth-order valence-electron chi connectivity index (χ4n) is 3.98. The molecular formula is C24H25N5O3. The largest absolute Gasteiger partial charge is 0.497 e. The first kappa shape index (κ1) is 21.2. The van der Waals surface area contributed by atoms with Crippen molar-refractivity contribution < 1.29 is 14.3 Å². The third-order valence-corrected chi connectivity index (χ3v) is 5.61. The molecule has 0 radical (unpaired) electrons. The van der Waals surface area contributed by atoms with Gasteiger partial charge in [-0.1, -0.05) is 12.5 Å². The zero-order valence-corrected chi connectivity index (χ0v) is 18.4. The molecule has 1 amide bonds. The third-order valence-electron chi connectivity index (χ3n) is 5.61. The Bertz CT molecular complexity index is 1250. The number of carbonyl (C=O) groups excluding carboxylic acids is 1. The van der Waals surface area contributed by atoms with E-state index in [4.69, 9.17) is 20.3 Å². The lowest BCUT2D eigenvalue weighted by molar-refractivity contribution is -0.125. The van der Waals surface area contributed by atoms with Crippen LogP contribution in [0.25, 0.3) is 10.9 Å². The number of nitrogens with zero attached hydrogens (tertiary/aromatic N) is 4. The van der Waals surface area contributed by atoms with Crippen molar-refractivity contribution in [3.8, 4) is 23.3 Å². The minimum absolute atomic E-state index is 0.0226. The maximum absolute atomic E-state index is 12.1. The van der Waals surface area contributed by atoms with Gasteiger partial charge < -0.3 is 20.1 Å². The van der Waals surface area contributed by atoms with E-state index in [9.17, 15) is 4.79 Å². The van der Waals surface area contributed by atoms with Gasteiger partial charge in [-0.15, -0.1) is 0 Å². The quantitative estimate of drug-likeness (QED) is 0.504. The van der Waals surface area contributed by atoms with E-state index in [0.29, 0.717) is 36.1 Å². The highest BCUT2D eigenvalue weighted by Gasteiger charge is 2.29. The molecule has 4 rings (SSSR count). The number of pyridine rings is 1. The number of fused-ring (bicyclic) bond motifs is 1. The Morgan fingerprint density at radius 2 is 1.97 bits per heavy atom. The van der Waals surface area contributed by atoms with Gasteiger partial charge in [-0.3, -0.25) is 9.48 Å². The molecule has 0 unspecified atom stereocenters. The Labute approximate surface area is 186 Å². The van der Waals surface area contributed by atoms with Crippen LogP contribution >= 0.6 is 0 Å². The highest BCUT2D eigenvalue weighted by Crippen LogP contribution is 2.31. The molecule has 0 spiro atoms. The molecule has 1 aromatic carbocycles. The van der Waals surface area contributed by atoms with E-state index in [0.717, 1.165) is 28.5 Å². The Morgan fingerprint density at radius 3 is 2.62 bits per heavy atom. The van der Waals surface area contributed by atoms with Gasteiger partial charge in [0, 0.05) is 30.9 Å². The Morgan fingerprint density at radius 1 is 1.25 bits per heavy atom. The van der Waals surface area contributed by atoms with E-state index in [1.54, 1.807) is 31.4 Å². The van der Waals surface area contributed by atoms with Crippen LogP contribution in [0.5, 0.6) is 11.5 Å². The van der Waals surface area contributed by atoms with E-state index in [1.165, 1.54) is 6.08 Å². The average Bonchev–Trinajstić information content (AvgIpc) is 3.45. The van der Waals surface area contributed by atoms with Crippen molar-refractivity contribution >= 4 is 22.6 Å². The Kier molecular flexibility index (Phi) is 5.73. The predicted octanol–water partition coefficient (Wildman–Crippen LogP) is 2.70. The fraction of sp³-hybridized carbons (Fsp3) is 0.292. The molecule has 8 heteroatoms. The van der Waals surface area contributed by atoms with Gasteiger partial charge in [0.1, 0.15) is 23.0 Å². The number of nitrogens with two attached hydrogens (primary N) is 1. The molecule has 1 atom stereocenters. The van der Waals surface area contributed by atoms with Gasteiger partial charge in [0.15, 0.2) is 0 Å². The molecule has 1 aliphatic heterocycles. The van der Waals surface area contributed by atoms with Crippen LogP contribution in [-0.4, -0.2) is 52.9 Å². The molecule has 1 fully saturated rings. The van der Waals surface area contributed by atoms with E-state index in [-0.39, 0.29) is 11.9 Å². The summed E-state index contributed by atoms with van der Waals surface area (Å²) in [4.78, 5) is 18.1. The molecule has 0 aliphatic carbocycles. The van der Waals surface area contributed by atoms with E-state index >= 15 is 0 Å². The van der Waals surface area contributed by atoms with Crippen molar-refractivity contribution in [3.05, 3.63) is 53.9 Å². The van der Waals surface area contributed by atoms with Crippen molar-refractivity contribution in [2.45, 2.75) is 19.4 Å². The van der Waals surface area contributed by atoms with Crippen LogP contribution in [-0.2, 0) is 4.79 Å². The minimum atomic E-state index is -0.0751. The zero-order valence-electron chi connectivity index (χ0n) is 18.4. The number of hydrogen-bond donors (Lipinski definition) is 1. The number of aryl methyl sites for hydroxylation is 1. The molecule has 0 saturated carbocycles. The van der Waals surface area contributed by atoms with Gasteiger partial charge in [0.2, 0.25) is 5.91 Å². The van der Waals surface area contributed by atoms with E-state index < -0.39 is 0 Å². The first-order valence-corrected chi connectivity index (χ1v) is 10.2. The lowest BCUT2D eigenvalue weighted by Crippen LogP contribution is -2.27. The van der Waals surface area contributed by atoms with Gasteiger partial charge in [0.05, 0.1) is 31.2 Å². The summed E-state index contributed by atoms with van der Waals surface area (Å²) in [5.74, 6) is 7.90. The smallest absolute Gasteiger partial charge is 0.246 e. The van der Waals surface area contributed by atoms with Crippen molar-refractivity contribution in [2.75, 3.05) is 33.0 Å². The van der Waals surface area contributed by atoms with E-state index in [2.05, 4.69) is 23.4 Å². The number of nitrogen functional groups attached to an aromatic ring is 1. The van der Waals surface area contributed by atoms with Crippen molar-refractivity contribution in [2.24, 2.45) is 0 Å². The number of amides is 1. The molecule has 2 N–H and O–H groups in total. The number of aromatic nitrogens is 3. The predicted molar refractivity (Wildman–Crippen MR) is 123 cm³/mol. The highest BCUT2D eigenvalue weighted by molar-refractivity contribution is 5.95. The molecule has 1 aliphatic rings. The first-order valence-electron chi connectivity index (χ1n) is 10.2. The number of likely N-dealkylation sites (tertiary alicyclic amines) is 1. The summed E-state index contributed by atoms with van der Waals surface area (Å²) in [6.45, 7) is 6.77. The van der Waals surface area contributed by atoms with Crippen LogP contribution in [0.4, 0.5) is 5.82 Å². The lowest BCUT2D eigenvalue weighted by atomic mass is 10.1. The number of rotatable bonds is 4. The maximum atomic E-state index is 12.1. The second-order valence-electron chi connectivity index (χ2n) is 7.63. The van der Waals surface area contributed by atoms with Crippen LogP contribution in [0, 0.1) is 18.8 Å². The number of anilines is 1. The number of methoxy groups -OCH3 is 2. The average molecular weight is 431 g/mol. The Hall–Kier alpha value is -3.99. The van der Waals surface area contributed by atoms with Crippen LogP contribution in [0.2, 0.25) is 0 Å². The lowest BCUT2D eigenvalue weighted by Gasteiger charge is -2.15. The van der Waals surface area contributed by atoms with Gasteiger partial charge in [0.25, 0.3) is 0 Å². The molecule has 32 heavy (non-hydrogen) atoms. The van der Waals surface area contributed by atoms with Crippen LogP contribution in [0.15, 0.2) is 37.1 Å². The van der Waals surface area contributed by atoms with Gasteiger partial charge >= 0.3 is 0 Å². The zero-order chi connectivity index (χ0) is 22.8. The number of ether oxygens (including phenoxy) is 2. The van der Waals surface area contributed by atoms with Gasteiger partial charge in [-0.25, -0.2) is 4.98 Å². The summed E-state index contributed by atoms with van der Waals surface area (Å²) in [5, 5.41) is 5.53. The van der Waals surface area contributed by atoms with Crippen molar-refractivity contribution in [3.63, 3.8) is 0 Å². The highest BCUT2D eigenvalue weighted by atomic mass is 16.5. The molecule has 0 bridgehead atoms. The number of carbonyl (C=O) groups is 1. The molecule has 1 saturated heterocycles. The summed E-state index contributed by atoms with van der Waals surface area (Å²) >= 11 is 0. The monoisotopic (exact) mass is 431 g/mol. The standard InChI is InChI=1S/C24H25N5O3/c1-5-21(30)28-9-8-17(14-28)29-23-15(2)13-26-24(25)22(23)20(27-29)7-6-16-10-18(31-3)12-19(11-16)32-4/h5,10-13,17H,1,8-9,14H2,2-4H3,(H2,25,26)/t17-/m0/s1. The topological polar surface area (TPSA) is 95.5 Å². The van der Waals surface area contributed by atoms with Crippen LogP contribution < -0.4 is 15.2 Å². The fourth-order valence-corrected chi connectivity index (χ4v) is 3.98. The third kappa shape index (κ3) is 3.85. The number of hydrogen-bond acceptors (Lipinski definition) is 6. The first-order chi connectivity index (χ1) is 15.4. The van der Waals surface area contributed by atoms with Crippen LogP contribution in [0.1, 0.15) is 29.3 Å². The van der Waals surface area contributed by atoms with Crippen LogP contribution in [0.3, 0.4) is 0 Å². The second kappa shape index (κ2) is 8.63. The summed E-state index contributed by atoms with van der Waals surface area (Å²) in [6.07, 6.45) is 3.87. The summed E-state index contributed by atoms with van der Waals surface area (Å²) in [6, 6.07) is 5.47. The molecule has 8 nitrogen and oxygen atoms in total. The van der Waals surface area contributed by atoms with Gasteiger partial charge in [-0.05, 0) is 43.0 Å². The molecule has 3 aromatic rings. The molecule has 164 valence electrons. The molecular weight excluding hydrogens is 406 g/mol. The van der Waals surface area contributed by atoms with Crippen molar-refractivity contribution in [1.29, 1.82) is 0 Å². The summed E-state index contributed by atoms with van der Waals surface area (Å²) in [7, 11) is 3.19. The number of benzene rings is 1. The SMILES string of the molecule is C=CC(=O)N1CC[C@H](n2nc(C#Cc3cc(OC)cc(OC)c3)c3c(N)ncc(C)c32)C1.